The van der Waals surface area contributed by atoms with E-state index >= 15 is 0 Å². The van der Waals surface area contributed by atoms with Gasteiger partial charge in [0.1, 0.15) is 0 Å². The first kappa shape index (κ1) is 14.0. The monoisotopic (exact) mass is 310 g/mol. The van der Waals surface area contributed by atoms with E-state index in [-0.39, 0.29) is 0 Å². The lowest BCUT2D eigenvalue weighted by molar-refractivity contribution is 0.202. The molecule has 2 nitrogen and oxygen atoms in total. The van der Waals surface area contributed by atoms with Crippen molar-refractivity contribution in [1.29, 1.82) is 0 Å². The second-order valence-corrected chi connectivity index (χ2v) is 6.02. The Morgan fingerprint density at radius 1 is 1.39 bits per heavy atom. The van der Waals surface area contributed by atoms with Crippen molar-refractivity contribution >= 4 is 15.9 Å². The molecule has 100 valence electrons. The Balaban J connectivity index is 1.99. The van der Waals surface area contributed by atoms with Crippen LogP contribution < -0.4 is 5.32 Å². The van der Waals surface area contributed by atoms with Crippen LogP contribution in [0, 0.1) is 0 Å². The van der Waals surface area contributed by atoms with Crippen LogP contribution in [0.2, 0.25) is 0 Å². The average Bonchev–Trinajstić information content (AvgIpc) is 2.89. The van der Waals surface area contributed by atoms with Gasteiger partial charge in [0.15, 0.2) is 0 Å². The predicted octanol–water partition coefficient (Wildman–Crippen LogP) is 3.58. The van der Waals surface area contributed by atoms with E-state index in [4.69, 9.17) is 0 Å². The fourth-order valence-electron chi connectivity index (χ4n) is 2.71. The molecule has 18 heavy (non-hydrogen) atoms. The molecule has 0 amide bonds. The Hall–Kier alpha value is -0.380. The van der Waals surface area contributed by atoms with Gasteiger partial charge in [-0.25, -0.2) is 0 Å². The van der Waals surface area contributed by atoms with E-state index in [1.165, 1.54) is 24.9 Å². The summed E-state index contributed by atoms with van der Waals surface area (Å²) in [6.07, 6.45) is 2.65. The van der Waals surface area contributed by atoms with Crippen molar-refractivity contribution < 1.29 is 0 Å². The van der Waals surface area contributed by atoms with Gasteiger partial charge in [-0.1, -0.05) is 35.0 Å². The third-order valence-corrected chi connectivity index (χ3v) is 4.45. The summed E-state index contributed by atoms with van der Waals surface area (Å²) in [5, 5.41) is 3.59. The number of benzene rings is 1. The Kier molecular flexibility index (Phi) is 5.22. The largest absolute Gasteiger partial charge is 0.313 e. The van der Waals surface area contributed by atoms with Gasteiger partial charge in [-0.3, -0.25) is 4.90 Å². The van der Waals surface area contributed by atoms with Crippen LogP contribution in [0.25, 0.3) is 0 Å². The molecule has 1 fully saturated rings. The van der Waals surface area contributed by atoms with Gasteiger partial charge in [0.2, 0.25) is 0 Å². The van der Waals surface area contributed by atoms with Gasteiger partial charge in [-0.2, -0.15) is 0 Å². The molecule has 0 aromatic heterocycles. The SMILES string of the molecule is CCN(CC1CCCN1)C(C)c1ccc(Br)cc1. The zero-order valence-electron chi connectivity index (χ0n) is 11.3. The van der Waals surface area contributed by atoms with Crippen molar-refractivity contribution in [1.82, 2.24) is 10.2 Å². The van der Waals surface area contributed by atoms with Crippen LogP contribution in [-0.2, 0) is 0 Å². The normalized spacial score (nSPS) is 21.4. The number of hydrogen-bond donors (Lipinski definition) is 1. The van der Waals surface area contributed by atoms with Crippen molar-refractivity contribution in [3.8, 4) is 0 Å². The molecule has 0 bridgehead atoms. The first-order chi connectivity index (χ1) is 8.70. The van der Waals surface area contributed by atoms with Crippen LogP contribution in [0.1, 0.15) is 38.3 Å². The van der Waals surface area contributed by atoms with Crippen molar-refractivity contribution in [2.24, 2.45) is 0 Å². The number of likely N-dealkylation sites (N-methyl/N-ethyl adjacent to an activating group) is 1. The highest BCUT2D eigenvalue weighted by Gasteiger charge is 2.21. The lowest BCUT2D eigenvalue weighted by Gasteiger charge is -2.30. The van der Waals surface area contributed by atoms with Gasteiger partial charge < -0.3 is 5.32 Å². The van der Waals surface area contributed by atoms with Gasteiger partial charge in [0.05, 0.1) is 0 Å². The average molecular weight is 311 g/mol. The summed E-state index contributed by atoms with van der Waals surface area (Å²) < 4.78 is 1.15. The Bertz CT molecular complexity index is 357. The Morgan fingerprint density at radius 3 is 2.67 bits per heavy atom. The molecule has 0 spiro atoms. The molecule has 1 heterocycles. The fraction of sp³-hybridized carbons (Fsp3) is 0.600. The fourth-order valence-corrected chi connectivity index (χ4v) is 2.97. The maximum Gasteiger partial charge on any atom is 0.0320 e. The summed E-state index contributed by atoms with van der Waals surface area (Å²) in [5.74, 6) is 0. The van der Waals surface area contributed by atoms with E-state index in [2.05, 4.69) is 64.3 Å². The van der Waals surface area contributed by atoms with E-state index in [0.717, 1.165) is 17.6 Å². The minimum absolute atomic E-state index is 0.491. The van der Waals surface area contributed by atoms with Crippen LogP contribution in [0.5, 0.6) is 0 Å². The van der Waals surface area contributed by atoms with Gasteiger partial charge in [0, 0.05) is 23.1 Å². The minimum atomic E-state index is 0.491. The van der Waals surface area contributed by atoms with Gasteiger partial charge >= 0.3 is 0 Å². The summed E-state index contributed by atoms with van der Waals surface area (Å²) in [5.41, 5.74) is 1.40. The van der Waals surface area contributed by atoms with E-state index < -0.39 is 0 Å². The predicted molar refractivity (Wildman–Crippen MR) is 80.8 cm³/mol. The summed E-state index contributed by atoms with van der Waals surface area (Å²) >= 11 is 3.50. The van der Waals surface area contributed by atoms with Crippen molar-refractivity contribution in [3.05, 3.63) is 34.3 Å². The standard InChI is InChI=1S/C15H23BrN2/c1-3-18(11-15-5-4-10-17-15)12(2)13-6-8-14(16)9-7-13/h6-9,12,15,17H,3-5,10-11H2,1-2H3. The minimum Gasteiger partial charge on any atom is -0.313 e. The van der Waals surface area contributed by atoms with E-state index in [1.54, 1.807) is 0 Å². The highest BCUT2D eigenvalue weighted by atomic mass is 79.9. The van der Waals surface area contributed by atoms with Crippen LogP contribution in [-0.4, -0.2) is 30.6 Å². The lowest BCUT2D eigenvalue weighted by atomic mass is 10.1. The van der Waals surface area contributed by atoms with Crippen LogP contribution in [0.15, 0.2) is 28.7 Å². The summed E-state index contributed by atoms with van der Waals surface area (Å²) in [6.45, 7) is 8.02. The first-order valence-electron chi connectivity index (χ1n) is 6.93. The summed E-state index contributed by atoms with van der Waals surface area (Å²) in [6, 6.07) is 9.88. The quantitative estimate of drug-likeness (QED) is 0.894. The van der Waals surface area contributed by atoms with Gasteiger partial charge in [0.25, 0.3) is 0 Å². The number of rotatable bonds is 5. The molecule has 1 aliphatic heterocycles. The van der Waals surface area contributed by atoms with Gasteiger partial charge in [-0.05, 0) is 50.6 Å². The van der Waals surface area contributed by atoms with E-state index in [1.807, 2.05) is 0 Å². The zero-order chi connectivity index (χ0) is 13.0. The van der Waals surface area contributed by atoms with Crippen molar-refractivity contribution in [2.45, 2.75) is 38.8 Å². The molecule has 1 saturated heterocycles. The molecule has 0 radical (unpaired) electrons. The van der Waals surface area contributed by atoms with Crippen molar-refractivity contribution in [3.63, 3.8) is 0 Å². The number of nitrogens with zero attached hydrogens (tertiary/aromatic N) is 1. The summed E-state index contributed by atoms with van der Waals surface area (Å²) in [7, 11) is 0. The Morgan fingerprint density at radius 2 is 2.11 bits per heavy atom. The second kappa shape index (κ2) is 6.69. The third-order valence-electron chi connectivity index (χ3n) is 3.92. The zero-order valence-corrected chi connectivity index (χ0v) is 12.9. The van der Waals surface area contributed by atoms with Gasteiger partial charge in [-0.15, -0.1) is 0 Å². The molecule has 2 unspecified atom stereocenters. The highest BCUT2D eigenvalue weighted by molar-refractivity contribution is 9.10. The Labute approximate surface area is 119 Å². The molecule has 1 aliphatic rings. The molecular formula is C15H23BrN2. The van der Waals surface area contributed by atoms with Crippen LogP contribution in [0.3, 0.4) is 0 Å². The highest BCUT2D eigenvalue weighted by Crippen LogP contribution is 2.23. The molecule has 2 rings (SSSR count). The van der Waals surface area contributed by atoms with Crippen LogP contribution in [0.4, 0.5) is 0 Å². The lowest BCUT2D eigenvalue weighted by Crippen LogP contribution is -2.38. The molecule has 3 heteroatoms. The third kappa shape index (κ3) is 3.56. The number of nitrogens with one attached hydrogen (secondary N) is 1. The smallest absolute Gasteiger partial charge is 0.0320 e. The number of halogens is 1. The first-order valence-corrected chi connectivity index (χ1v) is 7.73. The summed E-state index contributed by atoms with van der Waals surface area (Å²) in [4.78, 5) is 2.56. The van der Waals surface area contributed by atoms with Crippen LogP contribution >= 0.6 is 15.9 Å². The molecule has 0 saturated carbocycles. The van der Waals surface area contributed by atoms with E-state index in [0.29, 0.717) is 12.1 Å². The molecule has 1 aromatic carbocycles. The molecular weight excluding hydrogens is 288 g/mol. The maximum atomic E-state index is 3.59. The molecule has 0 aliphatic carbocycles. The molecule has 2 atom stereocenters. The second-order valence-electron chi connectivity index (χ2n) is 5.11. The maximum absolute atomic E-state index is 3.59. The topological polar surface area (TPSA) is 15.3 Å². The van der Waals surface area contributed by atoms with Crippen molar-refractivity contribution in [2.75, 3.05) is 19.6 Å². The van der Waals surface area contributed by atoms with E-state index in [9.17, 15) is 0 Å². The molecule has 1 N–H and O–H groups in total. The molecule has 1 aromatic rings. The number of hydrogen-bond acceptors (Lipinski definition) is 2.